The third-order valence-corrected chi connectivity index (χ3v) is 2.10. The average Bonchev–Trinajstić information content (AvgIpc) is 1.60. The molecule has 0 aliphatic heterocycles. The molecule has 0 atom stereocenters. The van der Waals surface area contributed by atoms with Gasteiger partial charge < -0.3 is 5.32 Å². The Bertz CT molecular complexity index is 86.9. The fourth-order valence-electron chi connectivity index (χ4n) is 1.20. The van der Waals surface area contributed by atoms with E-state index in [9.17, 15) is 0 Å². The van der Waals surface area contributed by atoms with E-state index >= 15 is 0 Å². The van der Waals surface area contributed by atoms with Gasteiger partial charge in [0.1, 0.15) is 0 Å². The molecular formula is C7H15NS. The summed E-state index contributed by atoms with van der Waals surface area (Å²) in [7, 11) is 0. The molecular weight excluding hydrogens is 130 g/mol. The highest BCUT2D eigenvalue weighted by atomic mass is 32.1. The predicted molar refractivity (Wildman–Crippen MR) is 44.1 cm³/mol. The van der Waals surface area contributed by atoms with E-state index in [0.717, 1.165) is 6.04 Å². The lowest BCUT2D eigenvalue weighted by atomic mass is 9.92. The molecule has 0 amide bonds. The number of nitrogens with one attached hydrogen (secondary N) is 1. The van der Waals surface area contributed by atoms with E-state index in [-0.39, 0.29) is 0 Å². The molecule has 1 saturated carbocycles. The second kappa shape index (κ2) is 2.93. The maximum absolute atomic E-state index is 4.33. The molecule has 1 fully saturated rings. The van der Waals surface area contributed by atoms with Crippen molar-refractivity contribution < 1.29 is 0 Å². The highest BCUT2D eigenvalue weighted by Gasteiger charge is 2.25. The summed E-state index contributed by atoms with van der Waals surface area (Å²) in [6, 6.07) is 1.39. The van der Waals surface area contributed by atoms with Crippen LogP contribution in [0.2, 0.25) is 0 Å². The lowest BCUT2D eigenvalue weighted by Crippen LogP contribution is -2.44. The zero-order valence-corrected chi connectivity index (χ0v) is 6.99. The average molecular weight is 145 g/mol. The summed E-state index contributed by atoms with van der Waals surface area (Å²) in [5.41, 5.74) is 0. The molecule has 1 N–H and O–H groups in total. The molecule has 1 aliphatic carbocycles. The molecule has 0 heterocycles. The van der Waals surface area contributed by atoms with Crippen LogP contribution < -0.4 is 5.32 Å². The fraction of sp³-hybridized carbons (Fsp3) is 1.00. The molecule has 1 nitrogen and oxygen atoms in total. The Balaban J connectivity index is 2.04. The van der Waals surface area contributed by atoms with Crippen LogP contribution in [0.1, 0.15) is 26.7 Å². The van der Waals surface area contributed by atoms with Crippen molar-refractivity contribution in [2.75, 3.05) is 0 Å². The summed E-state index contributed by atoms with van der Waals surface area (Å²) in [4.78, 5) is 0. The first-order valence-corrected chi connectivity index (χ1v) is 4.14. The van der Waals surface area contributed by atoms with Crippen molar-refractivity contribution in [2.24, 2.45) is 0 Å². The molecule has 0 aromatic heterocycles. The van der Waals surface area contributed by atoms with Crippen LogP contribution in [-0.2, 0) is 0 Å². The third kappa shape index (κ3) is 2.18. The van der Waals surface area contributed by atoms with E-state index in [2.05, 4.69) is 31.8 Å². The standard InChI is InChI=1S/C7H15NS/c1-5(2)8-6-3-7(9)4-6/h5-9H,3-4H2,1-2H3. The van der Waals surface area contributed by atoms with Crippen LogP contribution in [0.3, 0.4) is 0 Å². The van der Waals surface area contributed by atoms with Crippen LogP contribution >= 0.6 is 12.6 Å². The van der Waals surface area contributed by atoms with Gasteiger partial charge in [0.05, 0.1) is 0 Å². The maximum Gasteiger partial charge on any atom is 0.00903 e. The summed E-state index contributed by atoms with van der Waals surface area (Å²) in [6.07, 6.45) is 2.50. The van der Waals surface area contributed by atoms with E-state index in [1.807, 2.05) is 0 Å². The highest BCUT2D eigenvalue weighted by molar-refractivity contribution is 7.81. The normalized spacial score (nSPS) is 34.7. The Morgan fingerprint density at radius 3 is 2.33 bits per heavy atom. The minimum Gasteiger partial charge on any atom is -0.312 e. The molecule has 0 unspecified atom stereocenters. The van der Waals surface area contributed by atoms with E-state index in [0.29, 0.717) is 11.3 Å². The summed E-state index contributed by atoms with van der Waals surface area (Å²) in [6.45, 7) is 4.37. The molecule has 54 valence electrons. The first-order valence-electron chi connectivity index (χ1n) is 3.62. The molecule has 1 rings (SSSR count). The Morgan fingerprint density at radius 1 is 1.44 bits per heavy atom. The lowest BCUT2D eigenvalue weighted by Gasteiger charge is -2.34. The quantitative estimate of drug-likeness (QED) is 0.560. The van der Waals surface area contributed by atoms with Gasteiger partial charge in [0.2, 0.25) is 0 Å². The molecule has 1 aliphatic rings. The summed E-state index contributed by atoms with van der Waals surface area (Å²) < 4.78 is 0. The van der Waals surface area contributed by atoms with Gasteiger partial charge in [0.25, 0.3) is 0 Å². The Kier molecular flexibility index (Phi) is 2.42. The van der Waals surface area contributed by atoms with Crippen LogP contribution in [0, 0.1) is 0 Å². The largest absolute Gasteiger partial charge is 0.312 e. The zero-order valence-electron chi connectivity index (χ0n) is 6.09. The van der Waals surface area contributed by atoms with Gasteiger partial charge >= 0.3 is 0 Å². The molecule has 0 radical (unpaired) electrons. The molecule has 0 aromatic carbocycles. The minimum absolute atomic E-state index is 0.635. The molecule has 0 saturated heterocycles. The van der Waals surface area contributed by atoms with Crippen LogP contribution in [-0.4, -0.2) is 17.3 Å². The van der Waals surface area contributed by atoms with E-state index in [1.165, 1.54) is 12.8 Å². The van der Waals surface area contributed by atoms with Crippen LogP contribution in [0.15, 0.2) is 0 Å². The number of hydrogen-bond donors (Lipinski definition) is 2. The second-order valence-electron chi connectivity index (χ2n) is 3.14. The van der Waals surface area contributed by atoms with Gasteiger partial charge in [-0.15, -0.1) is 0 Å². The molecule has 0 spiro atoms. The topological polar surface area (TPSA) is 12.0 Å². The van der Waals surface area contributed by atoms with Crippen LogP contribution in [0.5, 0.6) is 0 Å². The van der Waals surface area contributed by atoms with Crippen molar-refractivity contribution in [3.63, 3.8) is 0 Å². The molecule has 0 bridgehead atoms. The van der Waals surface area contributed by atoms with Crippen molar-refractivity contribution in [3.05, 3.63) is 0 Å². The second-order valence-corrected chi connectivity index (χ2v) is 3.87. The third-order valence-electron chi connectivity index (χ3n) is 1.68. The van der Waals surface area contributed by atoms with Crippen molar-refractivity contribution >= 4 is 12.6 Å². The smallest absolute Gasteiger partial charge is 0.00903 e. The number of rotatable bonds is 2. The predicted octanol–water partition coefficient (Wildman–Crippen LogP) is 1.45. The minimum atomic E-state index is 0.635. The highest BCUT2D eigenvalue weighted by Crippen LogP contribution is 2.24. The zero-order chi connectivity index (χ0) is 6.85. The van der Waals surface area contributed by atoms with E-state index < -0.39 is 0 Å². The number of thiol groups is 1. The van der Waals surface area contributed by atoms with Gasteiger partial charge in [0.15, 0.2) is 0 Å². The van der Waals surface area contributed by atoms with E-state index in [1.54, 1.807) is 0 Å². The van der Waals surface area contributed by atoms with Gasteiger partial charge in [-0.2, -0.15) is 12.6 Å². The van der Waals surface area contributed by atoms with Crippen LogP contribution in [0.4, 0.5) is 0 Å². The van der Waals surface area contributed by atoms with Crippen molar-refractivity contribution in [1.82, 2.24) is 5.32 Å². The molecule has 9 heavy (non-hydrogen) atoms. The summed E-state index contributed by atoms with van der Waals surface area (Å²) in [5, 5.41) is 4.13. The van der Waals surface area contributed by atoms with Gasteiger partial charge in [0, 0.05) is 17.3 Å². The molecule has 2 heteroatoms. The first-order chi connectivity index (χ1) is 4.18. The van der Waals surface area contributed by atoms with Gasteiger partial charge in [-0.05, 0) is 12.8 Å². The summed E-state index contributed by atoms with van der Waals surface area (Å²) in [5.74, 6) is 0. The SMILES string of the molecule is CC(C)NC1CC(S)C1. The van der Waals surface area contributed by atoms with Crippen molar-refractivity contribution in [2.45, 2.75) is 44.0 Å². The lowest BCUT2D eigenvalue weighted by molar-refractivity contribution is 0.330. The molecule has 0 aromatic rings. The fourth-order valence-corrected chi connectivity index (χ4v) is 1.70. The monoisotopic (exact) mass is 145 g/mol. The van der Waals surface area contributed by atoms with Gasteiger partial charge in [-0.3, -0.25) is 0 Å². The summed E-state index contributed by atoms with van der Waals surface area (Å²) >= 11 is 4.33. The van der Waals surface area contributed by atoms with Gasteiger partial charge in [-0.25, -0.2) is 0 Å². The van der Waals surface area contributed by atoms with Crippen LogP contribution in [0.25, 0.3) is 0 Å². The number of hydrogen-bond acceptors (Lipinski definition) is 2. The van der Waals surface area contributed by atoms with Crippen molar-refractivity contribution in [1.29, 1.82) is 0 Å². The first kappa shape index (κ1) is 7.42. The maximum atomic E-state index is 4.33. The van der Waals surface area contributed by atoms with Crippen molar-refractivity contribution in [3.8, 4) is 0 Å². The Labute approximate surface area is 62.6 Å². The Morgan fingerprint density at radius 2 is 2.00 bits per heavy atom. The Hall–Kier alpha value is 0.310. The van der Waals surface area contributed by atoms with Gasteiger partial charge in [-0.1, -0.05) is 13.8 Å². The van der Waals surface area contributed by atoms with E-state index in [4.69, 9.17) is 0 Å².